The number of hydrogen-bond acceptors (Lipinski definition) is 3. The first-order valence-electron chi connectivity index (χ1n) is 5.79. The number of sulfonamides is 1. The van der Waals surface area contributed by atoms with Crippen molar-refractivity contribution in [1.29, 1.82) is 0 Å². The Bertz CT molecular complexity index is 607. The van der Waals surface area contributed by atoms with E-state index in [2.05, 4.69) is 16.6 Å². The van der Waals surface area contributed by atoms with Crippen LogP contribution in [-0.2, 0) is 10.0 Å². The summed E-state index contributed by atoms with van der Waals surface area (Å²) >= 11 is 0. The van der Waals surface area contributed by atoms with Crippen molar-refractivity contribution in [3.05, 3.63) is 29.8 Å². The summed E-state index contributed by atoms with van der Waals surface area (Å²) in [7, 11) is -3.51. The van der Waals surface area contributed by atoms with E-state index in [-0.39, 0.29) is 17.0 Å². The normalized spacial score (nSPS) is 16.8. The molecule has 1 fully saturated rings. The maximum absolute atomic E-state index is 12.3. The third-order valence-electron chi connectivity index (χ3n) is 2.88. The van der Waals surface area contributed by atoms with Crippen LogP contribution in [-0.4, -0.2) is 20.5 Å². The summed E-state index contributed by atoms with van der Waals surface area (Å²) in [6, 6.07) is 6.71. The van der Waals surface area contributed by atoms with Gasteiger partial charge in [0.05, 0.1) is 11.4 Å². The van der Waals surface area contributed by atoms with E-state index in [0.29, 0.717) is 5.56 Å². The van der Waals surface area contributed by atoms with Crippen LogP contribution in [0.3, 0.4) is 0 Å². The smallest absolute Gasteiger partial charge is 0.242 e. The molecule has 2 rings (SSSR count). The van der Waals surface area contributed by atoms with Gasteiger partial charge in [-0.3, -0.25) is 0 Å². The molecule has 1 saturated carbocycles. The first kappa shape index (κ1) is 13.1. The molecule has 18 heavy (non-hydrogen) atoms. The predicted octanol–water partition coefficient (Wildman–Crippen LogP) is 0.828. The number of nitrogens with two attached hydrogens (primary N) is 1. The fourth-order valence-corrected chi connectivity index (χ4v) is 3.25. The van der Waals surface area contributed by atoms with Crippen molar-refractivity contribution >= 4 is 10.0 Å². The van der Waals surface area contributed by atoms with Crippen LogP contribution in [0.1, 0.15) is 25.3 Å². The lowest BCUT2D eigenvalue weighted by Gasteiger charge is -2.13. The summed E-state index contributed by atoms with van der Waals surface area (Å²) in [5.41, 5.74) is 5.51. The maximum Gasteiger partial charge on any atom is 0.242 e. The van der Waals surface area contributed by atoms with Gasteiger partial charge < -0.3 is 5.73 Å². The van der Waals surface area contributed by atoms with Gasteiger partial charge in [-0.25, -0.2) is 13.1 Å². The second-order valence-corrected chi connectivity index (χ2v) is 6.32. The number of rotatable bonds is 3. The zero-order chi connectivity index (χ0) is 13.2. The molecule has 1 aliphatic rings. The fourth-order valence-electron chi connectivity index (χ4n) is 1.62. The Morgan fingerprint density at radius 1 is 1.39 bits per heavy atom. The van der Waals surface area contributed by atoms with Crippen LogP contribution in [0.5, 0.6) is 0 Å². The van der Waals surface area contributed by atoms with Crippen molar-refractivity contribution in [3.8, 4) is 11.8 Å². The average molecular weight is 264 g/mol. The molecule has 0 atom stereocenters. The Hall–Kier alpha value is -1.35. The highest BCUT2D eigenvalue weighted by Gasteiger charge is 2.41. The molecular formula is C13H16N2O2S. The monoisotopic (exact) mass is 264 g/mol. The molecule has 3 N–H and O–H groups in total. The number of hydrogen-bond donors (Lipinski definition) is 2. The highest BCUT2D eigenvalue weighted by Crippen LogP contribution is 2.36. The van der Waals surface area contributed by atoms with Crippen molar-refractivity contribution in [1.82, 2.24) is 4.72 Å². The summed E-state index contributed by atoms with van der Waals surface area (Å²) in [6.45, 7) is 2.11. The van der Waals surface area contributed by atoms with Gasteiger partial charge in [0, 0.05) is 11.1 Å². The first-order valence-corrected chi connectivity index (χ1v) is 7.27. The van der Waals surface area contributed by atoms with Crippen LogP contribution < -0.4 is 10.5 Å². The lowest BCUT2D eigenvalue weighted by molar-refractivity contribution is 0.558. The van der Waals surface area contributed by atoms with Crippen molar-refractivity contribution in [2.75, 3.05) is 6.54 Å². The zero-order valence-electron chi connectivity index (χ0n) is 10.2. The van der Waals surface area contributed by atoms with E-state index < -0.39 is 10.0 Å². The second-order valence-electron chi connectivity index (χ2n) is 4.67. The highest BCUT2D eigenvalue weighted by atomic mass is 32.2. The van der Waals surface area contributed by atoms with E-state index in [0.717, 1.165) is 12.8 Å². The highest BCUT2D eigenvalue weighted by molar-refractivity contribution is 7.89. The van der Waals surface area contributed by atoms with E-state index in [1.54, 1.807) is 24.3 Å². The van der Waals surface area contributed by atoms with Gasteiger partial charge in [-0.05, 0) is 31.9 Å². The van der Waals surface area contributed by atoms with Crippen LogP contribution >= 0.6 is 0 Å². The molecule has 0 amide bonds. The molecule has 0 aliphatic heterocycles. The quantitative estimate of drug-likeness (QED) is 0.794. The molecule has 0 saturated heterocycles. The number of benzene rings is 1. The van der Waals surface area contributed by atoms with Gasteiger partial charge in [-0.2, -0.15) is 0 Å². The Morgan fingerprint density at radius 2 is 2.06 bits per heavy atom. The van der Waals surface area contributed by atoms with E-state index in [4.69, 9.17) is 5.73 Å². The van der Waals surface area contributed by atoms with Crippen molar-refractivity contribution in [2.45, 2.75) is 30.2 Å². The summed E-state index contributed by atoms with van der Waals surface area (Å²) < 4.78 is 27.2. The minimum Gasteiger partial charge on any atom is -0.320 e. The van der Waals surface area contributed by atoms with Crippen LogP contribution in [0.25, 0.3) is 0 Å². The van der Waals surface area contributed by atoms with E-state index in [1.165, 1.54) is 0 Å². The second kappa shape index (κ2) is 4.73. The molecule has 0 radical (unpaired) electrons. The van der Waals surface area contributed by atoms with Gasteiger partial charge in [-0.15, -0.1) is 0 Å². The molecule has 0 aromatic heterocycles. The SMILES string of the molecule is CC1(NS(=O)(=O)c2ccccc2C#CCN)CC1. The van der Waals surface area contributed by atoms with Gasteiger partial charge in [0.1, 0.15) is 0 Å². The summed E-state index contributed by atoms with van der Waals surface area (Å²) in [5.74, 6) is 5.47. The Morgan fingerprint density at radius 3 is 2.67 bits per heavy atom. The van der Waals surface area contributed by atoms with Crippen LogP contribution in [0.15, 0.2) is 29.2 Å². The van der Waals surface area contributed by atoms with E-state index >= 15 is 0 Å². The van der Waals surface area contributed by atoms with Crippen molar-refractivity contribution < 1.29 is 8.42 Å². The summed E-state index contributed by atoms with van der Waals surface area (Å²) in [4.78, 5) is 0.221. The van der Waals surface area contributed by atoms with E-state index in [1.807, 2.05) is 6.92 Å². The molecule has 5 heteroatoms. The molecule has 96 valence electrons. The van der Waals surface area contributed by atoms with Gasteiger partial charge in [0.25, 0.3) is 0 Å². The predicted molar refractivity (Wildman–Crippen MR) is 70.3 cm³/mol. The molecule has 1 aliphatic carbocycles. The van der Waals surface area contributed by atoms with Gasteiger partial charge in [-0.1, -0.05) is 24.0 Å². The summed E-state index contributed by atoms with van der Waals surface area (Å²) in [5, 5.41) is 0. The summed E-state index contributed by atoms with van der Waals surface area (Å²) in [6.07, 6.45) is 1.76. The Labute approximate surface area is 108 Å². The first-order chi connectivity index (χ1) is 8.47. The molecule has 0 heterocycles. The third kappa shape index (κ3) is 2.91. The lowest BCUT2D eigenvalue weighted by Crippen LogP contribution is -2.34. The Kier molecular flexibility index (Phi) is 3.44. The van der Waals surface area contributed by atoms with E-state index in [9.17, 15) is 8.42 Å². The van der Waals surface area contributed by atoms with Gasteiger partial charge in [0.2, 0.25) is 10.0 Å². The maximum atomic E-state index is 12.3. The molecular weight excluding hydrogens is 248 g/mol. The third-order valence-corrected chi connectivity index (χ3v) is 4.58. The molecule has 1 aromatic rings. The van der Waals surface area contributed by atoms with Crippen molar-refractivity contribution in [2.24, 2.45) is 5.73 Å². The average Bonchev–Trinajstić information content (AvgIpc) is 3.03. The molecule has 0 bridgehead atoms. The molecule has 0 unspecified atom stereocenters. The Balaban J connectivity index is 2.37. The van der Waals surface area contributed by atoms with Gasteiger partial charge in [0.15, 0.2) is 0 Å². The number of nitrogens with one attached hydrogen (secondary N) is 1. The molecule has 4 nitrogen and oxygen atoms in total. The lowest BCUT2D eigenvalue weighted by atomic mass is 10.2. The fraction of sp³-hybridized carbons (Fsp3) is 0.385. The van der Waals surface area contributed by atoms with Crippen LogP contribution in [0.4, 0.5) is 0 Å². The largest absolute Gasteiger partial charge is 0.320 e. The zero-order valence-corrected chi connectivity index (χ0v) is 11.0. The molecule has 1 aromatic carbocycles. The topological polar surface area (TPSA) is 72.2 Å². The minimum absolute atomic E-state index is 0.208. The minimum atomic E-state index is -3.51. The molecule has 0 spiro atoms. The van der Waals surface area contributed by atoms with Crippen LogP contribution in [0.2, 0.25) is 0 Å². The van der Waals surface area contributed by atoms with Crippen molar-refractivity contribution in [3.63, 3.8) is 0 Å². The standard InChI is InChI=1S/C13H16N2O2S/c1-13(8-9-13)15-18(16,17)12-7-3-2-5-11(12)6-4-10-14/h2-3,5,7,15H,8-10,14H2,1H3. The van der Waals surface area contributed by atoms with Crippen LogP contribution in [0, 0.1) is 11.8 Å². The van der Waals surface area contributed by atoms with Gasteiger partial charge >= 0.3 is 0 Å².